The van der Waals surface area contributed by atoms with Gasteiger partial charge in [-0.15, -0.1) is 0 Å². The second-order valence-electron chi connectivity index (χ2n) is 7.43. The molecule has 2 heterocycles. The van der Waals surface area contributed by atoms with Gasteiger partial charge in [0.1, 0.15) is 5.75 Å². The largest absolute Gasteiger partial charge is 0.491 e. The van der Waals surface area contributed by atoms with Crippen molar-refractivity contribution in [1.29, 1.82) is 0 Å². The van der Waals surface area contributed by atoms with Crippen molar-refractivity contribution in [3.05, 3.63) is 54.1 Å². The molecule has 1 amide bonds. The van der Waals surface area contributed by atoms with E-state index in [4.69, 9.17) is 4.74 Å². The smallest absolute Gasteiger partial charge is 0.222 e. The highest BCUT2D eigenvalue weighted by atomic mass is 16.5. The maximum atomic E-state index is 13.0. The van der Waals surface area contributed by atoms with Crippen molar-refractivity contribution in [2.45, 2.75) is 45.6 Å². The third kappa shape index (κ3) is 5.38. The number of aryl methyl sites for hydroxylation is 1. The molecule has 1 aromatic heterocycles. The number of hydrogen-bond donors (Lipinski definition) is 0. The van der Waals surface area contributed by atoms with Gasteiger partial charge in [-0.25, -0.2) is 0 Å². The summed E-state index contributed by atoms with van der Waals surface area (Å²) in [4.78, 5) is 35.6. The van der Waals surface area contributed by atoms with Gasteiger partial charge in [-0.2, -0.15) is 0 Å². The summed E-state index contributed by atoms with van der Waals surface area (Å²) in [5, 5.41) is 0. The number of nitrogens with zero attached hydrogens (tertiary/aromatic N) is 3. The van der Waals surface area contributed by atoms with E-state index in [9.17, 15) is 9.59 Å². The summed E-state index contributed by atoms with van der Waals surface area (Å²) >= 11 is 0. The third-order valence-electron chi connectivity index (χ3n) is 4.85. The minimum Gasteiger partial charge on any atom is -0.491 e. The van der Waals surface area contributed by atoms with E-state index in [0.717, 1.165) is 18.5 Å². The number of likely N-dealkylation sites (tertiary alicyclic amines) is 1. The highest BCUT2D eigenvalue weighted by Crippen LogP contribution is 2.24. The summed E-state index contributed by atoms with van der Waals surface area (Å²) in [7, 11) is 0. The number of benzene rings is 1. The number of rotatable bonds is 7. The van der Waals surface area contributed by atoms with Crippen LogP contribution in [0.3, 0.4) is 0 Å². The minimum absolute atomic E-state index is 0.0578. The van der Waals surface area contributed by atoms with Crippen molar-refractivity contribution in [3.8, 4) is 5.75 Å². The Bertz CT molecular complexity index is 808. The van der Waals surface area contributed by atoms with Gasteiger partial charge in [-0.1, -0.05) is 12.1 Å². The maximum Gasteiger partial charge on any atom is 0.222 e. The molecule has 2 aromatic rings. The minimum atomic E-state index is -0.163. The van der Waals surface area contributed by atoms with E-state index < -0.39 is 0 Å². The monoisotopic (exact) mass is 381 g/mol. The predicted octanol–water partition coefficient (Wildman–Crippen LogP) is 3.32. The van der Waals surface area contributed by atoms with Gasteiger partial charge in [0, 0.05) is 49.6 Å². The first kappa shape index (κ1) is 20.0. The molecule has 0 aliphatic carbocycles. The molecule has 0 bridgehead atoms. The molecule has 28 heavy (non-hydrogen) atoms. The van der Waals surface area contributed by atoms with Crippen molar-refractivity contribution in [3.63, 3.8) is 0 Å². The Morgan fingerprint density at radius 1 is 1.29 bits per heavy atom. The van der Waals surface area contributed by atoms with Crippen molar-refractivity contribution >= 4 is 11.7 Å². The number of amides is 1. The number of carbonyl (C=O) groups excluding carboxylic acids is 2. The van der Waals surface area contributed by atoms with E-state index in [2.05, 4.69) is 9.97 Å². The van der Waals surface area contributed by atoms with Gasteiger partial charge in [0.15, 0.2) is 5.78 Å². The fourth-order valence-corrected chi connectivity index (χ4v) is 3.50. The van der Waals surface area contributed by atoms with Crippen molar-refractivity contribution in [2.24, 2.45) is 5.92 Å². The van der Waals surface area contributed by atoms with Crippen LogP contribution in [0.5, 0.6) is 5.75 Å². The van der Waals surface area contributed by atoms with Crippen molar-refractivity contribution < 1.29 is 14.3 Å². The Kier molecular flexibility index (Phi) is 6.74. The zero-order valence-corrected chi connectivity index (χ0v) is 16.5. The molecule has 6 heteroatoms. The molecular formula is C22H27N3O3. The molecule has 3 rings (SSSR count). The van der Waals surface area contributed by atoms with Gasteiger partial charge in [0.25, 0.3) is 0 Å². The van der Waals surface area contributed by atoms with Crippen LogP contribution in [-0.4, -0.2) is 45.8 Å². The fourth-order valence-electron chi connectivity index (χ4n) is 3.50. The van der Waals surface area contributed by atoms with Crippen LogP contribution in [0.4, 0.5) is 0 Å². The van der Waals surface area contributed by atoms with Crippen molar-refractivity contribution in [1.82, 2.24) is 14.9 Å². The number of piperidine rings is 1. The molecule has 6 nitrogen and oxygen atoms in total. The summed E-state index contributed by atoms with van der Waals surface area (Å²) in [6.07, 6.45) is 7.59. The Balaban J connectivity index is 1.59. The molecule has 0 radical (unpaired) electrons. The molecule has 1 aromatic carbocycles. The van der Waals surface area contributed by atoms with Gasteiger partial charge < -0.3 is 9.64 Å². The number of ketones is 1. The summed E-state index contributed by atoms with van der Waals surface area (Å²) in [6.45, 7) is 5.10. The van der Waals surface area contributed by atoms with Gasteiger partial charge in [0.05, 0.1) is 11.8 Å². The van der Waals surface area contributed by atoms with Crippen LogP contribution in [0.15, 0.2) is 42.9 Å². The van der Waals surface area contributed by atoms with E-state index in [1.807, 2.05) is 36.9 Å². The molecule has 0 N–H and O–H groups in total. The first-order chi connectivity index (χ1) is 13.5. The van der Waals surface area contributed by atoms with Gasteiger partial charge in [-0.05, 0) is 45.2 Å². The standard InChI is InChI=1S/C22H27N3O3/c1-16(2)28-20-7-3-5-17(13-20)22(27)18-6-4-12-25(15-18)21(26)9-8-19-14-23-10-11-24-19/h3,5,7,10-11,13-14,16,18H,4,6,8-9,12,15H2,1-2H3/t18-/m0/s1. The molecule has 0 saturated carbocycles. The number of aromatic nitrogens is 2. The van der Waals surface area contributed by atoms with Gasteiger partial charge in [0.2, 0.25) is 5.91 Å². The fraction of sp³-hybridized carbons (Fsp3) is 0.455. The Morgan fingerprint density at radius 2 is 2.14 bits per heavy atom. The molecule has 1 aliphatic rings. The van der Waals surface area contributed by atoms with E-state index in [0.29, 0.717) is 37.2 Å². The number of ether oxygens (including phenoxy) is 1. The second-order valence-corrected chi connectivity index (χ2v) is 7.43. The van der Waals surface area contributed by atoms with Crippen LogP contribution in [0.25, 0.3) is 0 Å². The predicted molar refractivity (Wildman–Crippen MR) is 106 cm³/mol. The number of Topliss-reactive ketones (excluding diaryl/α,β-unsaturated/α-hetero) is 1. The lowest BCUT2D eigenvalue weighted by atomic mass is 9.89. The van der Waals surface area contributed by atoms with Crippen LogP contribution in [0.2, 0.25) is 0 Å². The average molecular weight is 381 g/mol. The Labute approximate surface area is 165 Å². The molecule has 1 atom stereocenters. The summed E-state index contributed by atoms with van der Waals surface area (Å²) < 4.78 is 5.70. The van der Waals surface area contributed by atoms with E-state index in [1.54, 1.807) is 24.7 Å². The highest BCUT2D eigenvalue weighted by molar-refractivity contribution is 5.98. The van der Waals surface area contributed by atoms with Crippen LogP contribution < -0.4 is 4.74 Å². The average Bonchev–Trinajstić information content (AvgIpc) is 2.72. The van der Waals surface area contributed by atoms with Gasteiger partial charge in [-0.3, -0.25) is 19.6 Å². The third-order valence-corrected chi connectivity index (χ3v) is 4.85. The zero-order valence-electron chi connectivity index (χ0n) is 16.5. The first-order valence-corrected chi connectivity index (χ1v) is 9.86. The molecule has 0 unspecified atom stereocenters. The van der Waals surface area contributed by atoms with Gasteiger partial charge >= 0.3 is 0 Å². The molecule has 1 saturated heterocycles. The molecule has 148 valence electrons. The Hall–Kier alpha value is -2.76. The quantitative estimate of drug-likeness (QED) is 0.688. The number of carbonyl (C=O) groups is 2. The first-order valence-electron chi connectivity index (χ1n) is 9.86. The lowest BCUT2D eigenvalue weighted by Gasteiger charge is -2.32. The molecule has 1 aliphatic heterocycles. The van der Waals surface area contributed by atoms with Crippen LogP contribution in [0, 0.1) is 5.92 Å². The molecular weight excluding hydrogens is 354 g/mol. The molecule has 1 fully saturated rings. The maximum absolute atomic E-state index is 13.0. The van der Waals surface area contributed by atoms with Crippen LogP contribution in [-0.2, 0) is 11.2 Å². The van der Waals surface area contributed by atoms with E-state index >= 15 is 0 Å². The topological polar surface area (TPSA) is 72.4 Å². The lowest BCUT2D eigenvalue weighted by Crippen LogP contribution is -2.42. The second kappa shape index (κ2) is 9.44. The highest BCUT2D eigenvalue weighted by Gasteiger charge is 2.29. The van der Waals surface area contributed by atoms with Crippen molar-refractivity contribution in [2.75, 3.05) is 13.1 Å². The van der Waals surface area contributed by atoms with Crippen LogP contribution in [0.1, 0.15) is 49.2 Å². The summed E-state index contributed by atoms with van der Waals surface area (Å²) in [6, 6.07) is 7.33. The molecule has 0 spiro atoms. The summed E-state index contributed by atoms with van der Waals surface area (Å²) in [5.74, 6) is 0.692. The van der Waals surface area contributed by atoms with E-state index in [1.165, 1.54) is 0 Å². The Morgan fingerprint density at radius 3 is 2.89 bits per heavy atom. The SMILES string of the molecule is CC(C)Oc1cccc(C(=O)[C@H]2CCCN(C(=O)CCc3cnccn3)C2)c1. The van der Waals surface area contributed by atoms with E-state index in [-0.39, 0.29) is 23.7 Å². The van der Waals surface area contributed by atoms with Crippen LogP contribution >= 0.6 is 0 Å². The summed E-state index contributed by atoms with van der Waals surface area (Å²) in [5.41, 5.74) is 1.46. The lowest BCUT2D eigenvalue weighted by molar-refractivity contribution is -0.132. The number of hydrogen-bond acceptors (Lipinski definition) is 5. The zero-order chi connectivity index (χ0) is 19.9. The normalized spacial score (nSPS) is 16.8.